The van der Waals surface area contributed by atoms with Gasteiger partial charge in [-0.2, -0.15) is 23.3 Å². The zero-order valence-corrected chi connectivity index (χ0v) is 30.0. The van der Waals surface area contributed by atoms with Gasteiger partial charge in [0.25, 0.3) is 0 Å². The number of hydrogen-bond acceptors (Lipinski definition) is 4. The molecule has 0 saturated carbocycles. The molecule has 7 rings (SSSR count). The van der Waals surface area contributed by atoms with E-state index in [9.17, 15) is 13.2 Å². The third kappa shape index (κ3) is 5.78. The maximum Gasteiger partial charge on any atom is 0.416 e. The van der Waals surface area contributed by atoms with Gasteiger partial charge in [-0.25, -0.2) is 9.35 Å². The number of hydrogen-bond donors (Lipinski definition) is 0. The van der Waals surface area contributed by atoms with Gasteiger partial charge in [0, 0.05) is 45.3 Å². The van der Waals surface area contributed by atoms with E-state index in [1.165, 1.54) is 12.1 Å². The van der Waals surface area contributed by atoms with Crippen LogP contribution in [0.1, 0.15) is 55.1 Å². The van der Waals surface area contributed by atoms with Crippen LogP contribution < -0.4 is 5.30 Å². The van der Waals surface area contributed by atoms with Gasteiger partial charge in [-0.3, -0.25) is 0 Å². The lowest BCUT2D eigenvalue weighted by Gasteiger charge is -2.43. The number of rotatable bonds is 6. The number of fused-ring (bicyclic) bond motifs is 1. The number of piperidine rings is 1. The van der Waals surface area contributed by atoms with Crippen molar-refractivity contribution in [2.45, 2.75) is 58.7 Å². The molecule has 0 bridgehead atoms. The number of aliphatic imine (C=N–C) groups is 1. The van der Waals surface area contributed by atoms with Crippen molar-refractivity contribution in [3.63, 3.8) is 0 Å². The highest BCUT2D eigenvalue weighted by Gasteiger charge is 2.46. The largest absolute Gasteiger partial charge is 0.431 e. The summed E-state index contributed by atoms with van der Waals surface area (Å²) in [6.45, 7) is 6.79. The molecule has 2 unspecified atom stereocenters. The summed E-state index contributed by atoms with van der Waals surface area (Å²) >= 11 is 10.3. The van der Waals surface area contributed by atoms with Crippen LogP contribution in [0.5, 0.6) is 0 Å². The second kappa shape index (κ2) is 12.8. The molecule has 12 heteroatoms. The van der Waals surface area contributed by atoms with Crippen molar-refractivity contribution in [1.82, 2.24) is 19.0 Å². The zero-order valence-electron chi connectivity index (χ0n) is 26.7. The normalized spacial score (nSPS) is 19.9. The summed E-state index contributed by atoms with van der Waals surface area (Å²) in [6.07, 6.45) is -3.42. The SMILES string of the molecule is CCC1CCCCN1P1(=S)OC(c2ccc(Br)cc2)=Nc2c1c(-c1cc(C)n(-c3cccc(C(F)(F)F)c3)c1C)nn2-c1ccccc1. The van der Waals surface area contributed by atoms with E-state index in [0.29, 0.717) is 23.1 Å². The van der Waals surface area contributed by atoms with Crippen molar-refractivity contribution in [3.05, 3.63) is 112 Å². The van der Waals surface area contributed by atoms with Crippen LogP contribution in [-0.2, 0) is 22.5 Å². The third-order valence-electron chi connectivity index (χ3n) is 9.15. The molecule has 0 aliphatic carbocycles. The van der Waals surface area contributed by atoms with E-state index in [1.807, 2.05) is 83.8 Å². The van der Waals surface area contributed by atoms with E-state index in [-0.39, 0.29) is 6.04 Å². The Kier molecular flexibility index (Phi) is 8.77. The topological polar surface area (TPSA) is 47.6 Å². The monoisotopic (exact) mass is 751 g/mol. The molecule has 6 nitrogen and oxygen atoms in total. The summed E-state index contributed by atoms with van der Waals surface area (Å²) < 4.78 is 55.3. The number of halogens is 4. The van der Waals surface area contributed by atoms with Crippen LogP contribution >= 0.6 is 22.3 Å². The lowest BCUT2D eigenvalue weighted by molar-refractivity contribution is -0.137. The molecular formula is C36H34BrF3N5OPS. The molecule has 1 fully saturated rings. The van der Waals surface area contributed by atoms with Crippen molar-refractivity contribution in [2.75, 3.05) is 6.54 Å². The van der Waals surface area contributed by atoms with Crippen molar-refractivity contribution in [2.24, 2.45) is 4.99 Å². The van der Waals surface area contributed by atoms with Crippen molar-refractivity contribution >= 4 is 51.2 Å². The number of nitrogens with zero attached hydrogens (tertiary/aromatic N) is 5. The van der Waals surface area contributed by atoms with E-state index in [4.69, 9.17) is 26.4 Å². The number of aromatic nitrogens is 3. The average Bonchev–Trinajstić information content (AvgIpc) is 3.62. The standard InChI is InChI=1S/C36H34BrF3N5OPS/c1-4-28-12-8-9-20-43(28)47(48)33-32(31-21-23(2)44(24(31)3)30-15-10-11-26(22-30)36(38,39)40)42-45(29-13-6-5-7-14-29)34(33)41-35(46-47)25-16-18-27(37)19-17-25/h5-7,10-11,13-19,21-22,28H,4,8-9,12,20H2,1-3H3. The number of benzene rings is 3. The van der Waals surface area contributed by atoms with Crippen LogP contribution in [0.25, 0.3) is 22.6 Å². The van der Waals surface area contributed by atoms with E-state index in [1.54, 1.807) is 6.07 Å². The first kappa shape index (κ1) is 33.0. The van der Waals surface area contributed by atoms with Crippen LogP contribution in [0.15, 0.2) is 94.4 Å². The first-order valence-corrected chi connectivity index (χ1v) is 19.4. The molecule has 0 spiro atoms. The fourth-order valence-electron chi connectivity index (χ4n) is 6.83. The molecule has 2 atom stereocenters. The number of aryl methyl sites for hydroxylation is 1. The molecule has 5 aromatic rings. The Bertz CT molecular complexity index is 2070. The molecule has 248 valence electrons. The van der Waals surface area contributed by atoms with Crippen LogP contribution in [0.3, 0.4) is 0 Å². The first-order valence-electron chi connectivity index (χ1n) is 16.0. The smallest absolute Gasteiger partial charge is 0.416 e. The van der Waals surface area contributed by atoms with Crippen molar-refractivity contribution in [3.8, 4) is 22.6 Å². The van der Waals surface area contributed by atoms with Crippen LogP contribution in [-0.4, -0.2) is 37.5 Å². The van der Waals surface area contributed by atoms with Gasteiger partial charge < -0.3 is 9.09 Å². The summed E-state index contributed by atoms with van der Waals surface area (Å²) in [7, 11) is 0. The molecule has 2 aromatic heterocycles. The second-order valence-corrected chi connectivity index (χ2v) is 16.8. The summed E-state index contributed by atoms with van der Waals surface area (Å²) in [5.74, 6) is 1.07. The molecular weight excluding hydrogens is 718 g/mol. The van der Waals surface area contributed by atoms with Crippen molar-refractivity contribution < 1.29 is 17.7 Å². The van der Waals surface area contributed by atoms with E-state index in [0.717, 1.165) is 76.3 Å². The van der Waals surface area contributed by atoms with Crippen LogP contribution in [0, 0.1) is 13.8 Å². The van der Waals surface area contributed by atoms with Gasteiger partial charge in [0.05, 0.1) is 11.3 Å². The minimum atomic E-state index is -4.46. The fourth-order valence-corrected chi connectivity index (χ4v) is 11.2. The highest BCUT2D eigenvalue weighted by atomic mass is 79.9. The Hall–Kier alpha value is -3.50. The predicted octanol–water partition coefficient (Wildman–Crippen LogP) is 10.0. The maximum absolute atomic E-state index is 13.7. The highest BCUT2D eigenvalue weighted by Crippen LogP contribution is 2.60. The summed E-state index contributed by atoms with van der Waals surface area (Å²) in [6, 6.07) is 25.3. The van der Waals surface area contributed by atoms with Gasteiger partial charge in [0.2, 0.25) is 12.3 Å². The lowest BCUT2D eigenvalue weighted by Crippen LogP contribution is -2.41. The zero-order chi connectivity index (χ0) is 33.8. The Morgan fingerprint density at radius 2 is 1.69 bits per heavy atom. The second-order valence-electron chi connectivity index (χ2n) is 12.2. The van der Waals surface area contributed by atoms with Gasteiger partial charge in [-0.1, -0.05) is 53.5 Å². The van der Waals surface area contributed by atoms with Crippen LogP contribution in [0.4, 0.5) is 19.0 Å². The van der Waals surface area contributed by atoms with E-state index >= 15 is 0 Å². The van der Waals surface area contributed by atoms with Gasteiger partial charge in [-0.05, 0) is 106 Å². The molecule has 1 saturated heterocycles. The summed E-state index contributed by atoms with van der Waals surface area (Å²) in [5.41, 5.74) is 4.31. The molecule has 48 heavy (non-hydrogen) atoms. The minimum Gasteiger partial charge on any atom is -0.431 e. The fraction of sp³-hybridized carbons (Fsp3) is 0.278. The highest BCUT2D eigenvalue weighted by molar-refractivity contribution is 9.10. The Morgan fingerprint density at radius 3 is 2.40 bits per heavy atom. The molecule has 0 amide bonds. The van der Waals surface area contributed by atoms with Crippen molar-refractivity contribution in [1.29, 1.82) is 0 Å². The molecule has 2 aliphatic heterocycles. The molecule has 0 N–H and O–H groups in total. The van der Waals surface area contributed by atoms with Gasteiger partial charge in [-0.15, -0.1) is 0 Å². The van der Waals surface area contributed by atoms with Gasteiger partial charge in [0.1, 0.15) is 11.0 Å². The predicted molar refractivity (Wildman–Crippen MR) is 193 cm³/mol. The van der Waals surface area contributed by atoms with Gasteiger partial charge in [0.15, 0.2) is 5.82 Å². The summed E-state index contributed by atoms with van der Waals surface area (Å²) in [5, 5.41) is 6.01. The minimum absolute atomic E-state index is 0.229. The number of para-hydroxylation sites is 1. The summed E-state index contributed by atoms with van der Waals surface area (Å²) in [4.78, 5) is 5.15. The average molecular weight is 753 g/mol. The van der Waals surface area contributed by atoms with E-state index in [2.05, 4.69) is 27.5 Å². The van der Waals surface area contributed by atoms with Crippen LogP contribution in [0.2, 0.25) is 0 Å². The Labute approximate surface area is 291 Å². The third-order valence-corrected chi connectivity index (χ3v) is 13.7. The first-order chi connectivity index (χ1) is 23.0. The number of alkyl halides is 3. The lowest BCUT2D eigenvalue weighted by atomic mass is 10.0. The molecule has 3 aromatic carbocycles. The Balaban J connectivity index is 1.51. The molecule has 4 heterocycles. The van der Waals surface area contributed by atoms with Gasteiger partial charge >= 0.3 is 6.18 Å². The molecule has 0 radical (unpaired) electrons. The Morgan fingerprint density at radius 1 is 0.958 bits per heavy atom. The molecule has 2 aliphatic rings. The quantitative estimate of drug-likeness (QED) is 0.162. The maximum atomic E-state index is 13.7. The van der Waals surface area contributed by atoms with E-state index < -0.39 is 18.2 Å².